The van der Waals surface area contributed by atoms with Gasteiger partial charge in [-0.25, -0.2) is 9.97 Å². The average Bonchev–Trinajstić information content (AvgIpc) is 3.14. The number of nitrogens with zero attached hydrogens (tertiary/aromatic N) is 2. The first-order valence-electron chi connectivity index (χ1n) is 7.86. The van der Waals surface area contributed by atoms with Crippen molar-refractivity contribution in [3.05, 3.63) is 59.9 Å². The molecule has 23 heavy (non-hydrogen) atoms. The maximum atomic E-state index is 4.78. The van der Waals surface area contributed by atoms with E-state index in [2.05, 4.69) is 57.8 Å². The third-order valence-corrected chi connectivity index (χ3v) is 5.31. The number of benzene rings is 2. The van der Waals surface area contributed by atoms with E-state index in [-0.39, 0.29) is 0 Å². The average molecular weight is 317 g/mol. The molecule has 1 fully saturated rings. The molecule has 2 aromatic heterocycles. The molecule has 0 radical (unpaired) electrons. The van der Waals surface area contributed by atoms with E-state index in [1.807, 2.05) is 0 Å². The van der Waals surface area contributed by atoms with Crippen LogP contribution in [0.2, 0.25) is 0 Å². The van der Waals surface area contributed by atoms with E-state index in [4.69, 9.17) is 4.98 Å². The molecule has 0 unspecified atom stereocenters. The summed E-state index contributed by atoms with van der Waals surface area (Å²) in [5.74, 6) is 0.723. The highest BCUT2D eigenvalue weighted by Crippen LogP contribution is 2.41. The topological polar surface area (TPSA) is 41.6 Å². The third kappa shape index (κ3) is 2.35. The zero-order chi connectivity index (χ0) is 15.2. The SMILES string of the molecule is c1nc2ccc(-c3ccc(-c4nc(C5CC5)cs4)cc3)cc2[nH]1. The van der Waals surface area contributed by atoms with E-state index in [0.29, 0.717) is 0 Å². The van der Waals surface area contributed by atoms with Gasteiger partial charge < -0.3 is 4.98 Å². The lowest BCUT2D eigenvalue weighted by atomic mass is 10.0. The van der Waals surface area contributed by atoms with Gasteiger partial charge in [0.05, 0.1) is 23.1 Å². The minimum absolute atomic E-state index is 0.723. The van der Waals surface area contributed by atoms with E-state index in [1.165, 1.54) is 35.2 Å². The van der Waals surface area contributed by atoms with Crippen LogP contribution in [0.5, 0.6) is 0 Å². The molecular formula is C19H15N3S. The van der Waals surface area contributed by atoms with Gasteiger partial charge in [-0.15, -0.1) is 11.3 Å². The molecule has 5 rings (SSSR count). The van der Waals surface area contributed by atoms with Crippen molar-refractivity contribution in [3.8, 4) is 21.7 Å². The largest absolute Gasteiger partial charge is 0.345 e. The lowest BCUT2D eigenvalue weighted by molar-refractivity contribution is 1.05. The normalized spacial score (nSPS) is 14.4. The number of fused-ring (bicyclic) bond motifs is 1. The molecule has 0 aliphatic heterocycles. The van der Waals surface area contributed by atoms with Crippen LogP contribution in [-0.4, -0.2) is 15.0 Å². The number of imidazole rings is 1. The lowest BCUT2D eigenvalue weighted by Crippen LogP contribution is -1.82. The van der Waals surface area contributed by atoms with Gasteiger partial charge >= 0.3 is 0 Å². The summed E-state index contributed by atoms with van der Waals surface area (Å²) in [5, 5.41) is 3.34. The van der Waals surface area contributed by atoms with Gasteiger partial charge in [0.1, 0.15) is 5.01 Å². The van der Waals surface area contributed by atoms with E-state index >= 15 is 0 Å². The molecule has 1 N–H and O–H groups in total. The summed E-state index contributed by atoms with van der Waals surface area (Å²) in [6.07, 6.45) is 4.34. The molecule has 0 bridgehead atoms. The number of H-pyrrole nitrogens is 1. The molecule has 1 aliphatic rings. The van der Waals surface area contributed by atoms with Crippen molar-refractivity contribution in [3.63, 3.8) is 0 Å². The standard InChI is InChI=1S/C19H15N3S/c1-5-14(19-22-18(10-23-19)13-3-4-13)6-2-12(1)15-7-8-16-17(9-15)21-11-20-16/h1-2,5-11,13H,3-4H2,(H,20,21). The lowest BCUT2D eigenvalue weighted by Gasteiger charge is -2.03. The Kier molecular flexibility index (Phi) is 2.85. The molecule has 1 aliphatic carbocycles. The molecular weight excluding hydrogens is 302 g/mol. The summed E-state index contributed by atoms with van der Waals surface area (Å²) in [7, 11) is 0. The Morgan fingerprint density at radius 2 is 1.74 bits per heavy atom. The van der Waals surface area contributed by atoms with Crippen molar-refractivity contribution in [1.29, 1.82) is 0 Å². The summed E-state index contributed by atoms with van der Waals surface area (Å²) >= 11 is 1.75. The molecule has 0 saturated heterocycles. The van der Waals surface area contributed by atoms with Gasteiger partial charge in [-0.3, -0.25) is 0 Å². The second-order valence-corrected chi connectivity index (χ2v) is 6.92. The van der Waals surface area contributed by atoms with Crippen molar-refractivity contribution in [2.45, 2.75) is 18.8 Å². The molecule has 0 amide bonds. The Labute approximate surface area is 138 Å². The molecule has 0 atom stereocenters. The summed E-state index contributed by atoms with van der Waals surface area (Å²) in [6.45, 7) is 0. The molecule has 2 heterocycles. The monoisotopic (exact) mass is 317 g/mol. The Morgan fingerprint density at radius 1 is 0.957 bits per heavy atom. The highest BCUT2D eigenvalue weighted by molar-refractivity contribution is 7.13. The molecule has 0 spiro atoms. The van der Waals surface area contributed by atoms with Gasteiger partial charge in [0.15, 0.2) is 0 Å². The van der Waals surface area contributed by atoms with Gasteiger partial charge in [0.2, 0.25) is 0 Å². The third-order valence-electron chi connectivity index (χ3n) is 4.40. The Bertz CT molecular complexity index is 977. The van der Waals surface area contributed by atoms with E-state index in [0.717, 1.165) is 22.0 Å². The minimum atomic E-state index is 0.723. The number of thiazole rings is 1. The van der Waals surface area contributed by atoms with Crippen molar-refractivity contribution >= 4 is 22.4 Å². The van der Waals surface area contributed by atoms with Crippen LogP contribution in [0.25, 0.3) is 32.7 Å². The molecule has 1 saturated carbocycles. The predicted molar refractivity (Wildman–Crippen MR) is 94.6 cm³/mol. The van der Waals surface area contributed by atoms with Crippen molar-refractivity contribution in [2.75, 3.05) is 0 Å². The van der Waals surface area contributed by atoms with Crippen molar-refractivity contribution in [2.24, 2.45) is 0 Å². The first kappa shape index (κ1) is 13.0. The van der Waals surface area contributed by atoms with Gasteiger partial charge in [-0.1, -0.05) is 30.3 Å². The number of aromatic amines is 1. The van der Waals surface area contributed by atoms with Gasteiger partial charge in [0, 0.05) is 16.9 Å². The summed E-state index contributed by atoms with van der Waals surface area (Å²) in [4.78, 5) is 12.2. The van der Waals surface area contributed by atoms with E-state index in [9.17, 15) is 0 Å². The number of aromatic nitrogens is 3. The highest BCUT2D eigenvalue weighted by Gasteiger charge is 2.26. The molecule has 112 valence electrons. The van der Waals surface area contributed by atoms with Crippen LogP contribution in [0.15, 0.2) is 54.2 Å². The minimum Gasteiger partial charge on any atom is -0.345 e. The maximum absolute atomic E-state index is 4.78. The number of hydrogen-bond acceptors (Lipinski definition) is 3. The summed E-state index contributed by atoms with van der Waals surface area (Å²) in [5.41, 5.74) is 6.96. The Hall–Kier alpha value is -2.46. The quantitative estimate of drug-likeness (QED) is 0.562. The zero-order valence-corrected chi connectivity index (χ0v) is 13.3. The Balaban J connectivity index is 1.47. The fraction of sp³-hybridized carbons (Fsp3) is 0.158. The zero-order valence-electron chi connectivity index (χ0n) is 12.5. The first-order chi connectivity index (χ1) is 11.4. The molecule has 4 heteroatoms. The fourth-order valence-electron chi connectivity index (χ4n) is 2.91. The van der Waals surface area contributed by atoms with Crippen LogP contribution in [0.4, 0.5) is 0 Å². The van der Waals surface area contributed by atoms with Crippen molar-refractivity contribution in [1.82, 2.24) is 15.0 Å². The first-order valence-corrected chi connectivity index (χ1v) is 8.74. The van der Waals surface area contributed by atoms with Crippen LogP contribution in [-0.2, 0) is 0 Å². The smallest absolute Gasteiger partial charge is 0.123 e. The van der Waals surface area contributed by atoms with Crippen LogP contribution in [0, 0.1) is 0 Å². The van der Waals surface area contributed by atoms with Gasteiger partial charge in [0.25, 0.3) is 0 Å². The van der Waals surface area contributed by atoms with E-state index < -0.39 is 0 Å². The molecule has 3 nitrogen and oxygen atoms in total. The fourth-order valence-corrected chi connectivity index (χ4v) is 3.81. The molecule has 2 aromatic carbocycles. The van der Waals surface area contributed by atoms with Crippen LogP contribution >= 0.6 is 11.3 Å². The van der Waals surface area contributed by atoms with Crippen LogP contribution < -0.4 is 0 Å². The van der Waals surface area contributed by atoms with Crippen LogP contribution in [0.3, 0.4) is 0 Å². The van der Waals surface area contributed by atoms with Crippen molar-refractivity contribution < 1.29 is 0 Å². The second kappa shape index (κ2) is 5.03. The second-order valence-electron chi connectivity index (χ2n) is 6.06. The predicted octanol–water partition coefficient (Wildman–Crippen LogP) is 5.23. The number of nitrogens with one attached hydrogen (secondary N) is 1. The molecule has 4 aromatic rings. The van der Waals surface area contributed by atoms with Gasteiger partial charge in [-0.05, 0) is 36.1 Å². The highest BCUT2D eigenvalue weighted by atomic mass is 32.1. The van der Waals surface area contributed by atoms with Gasteiger partial charge in [-0.2, -0.15) is 0 Å². The van der Waals surface area contributed by atoms with E-state index in [1.54, 1.807) is 17.7 Å². The Morgan fingerprint density at radius 3 is 2.57 bits per heavy atom. The number of rotatable bonds is 3. The summed E-state index contributed by atoms with van der Waals surface area (Å²) in [6, 6.07) is 15.0. The number of hydrogen-bond donors (Lipinski definition) is 1. The summed E-state index contributed by atoms with van der Waals surface area (Å²) < 4.78 is 0. The van der Waals surface area contributed by atoms with Crippen LogP contribution in [0.1, 0.15) is 24.5 Å². The maximum Gasteiger partial charge on any atom is 0.123 e.